The maximum absolute atomic E-state index is 12.3. The molecule has 0 aromatic carbocycles. The molecule has 1 atom stereocenters. The lowest BCUT2D eigenvalue weighted by Crippen LogP contribution is -2.37. The number of amides is 1. The summed E-state index contributed by atoms with van der Waals surface area (Å²) in [4.78, 5) is 15.6. The van der Waals surface area contributed by atoms with Gasteiger partial charge in [-0.15, -0.1) is 11.3 Å². The summed E-state index contributed by atoms with van der Waals surface area (Å²) in [6.07, 6.45) is 2.38. The van der Waals surface area contributed by atoms with Crippen molar-refractivity contribution in [3.8, 4) is 0 Å². The number of aryl methyl sites for hydroxylation is 1. The lowest BCUT2D eigenvalue weighted by atomic mass is 10.2. The molecular formula is C16H21N3O3S. The van der Waals surface area contributed by atoms with E-state index in [0.717, 1.165) is 32.5 Å². The van der Waals surface area contributed by atoms with E-state index in [4.69, 9.17) is 9.26 Å². The molecule has 0 spiro atoms. The normalized spacial score (nSPS) is 17.7. The second-order valence-corrected chi connectivity index (χ2v) is 6.79. The van der Waals surface area contributed by atoms with E-state index in [2.05, 4.69) is 26.8 Å². The summed E-state index contributed by atoms with van der Waals surface area (Å²) in [5, 5.41) is 8.62. The van der Waals surface area contributed by atoms with Crippen molar-refractivity contribution in [1.29, 1.82) is 0 Å². The second kappa shape index (κ2) is 7.72. The number of hydrogen-bond acceptors (Lipinski definition) is 6. The van der Waals surface area contributed by atoms with E-state index in [0.29, 0.717) is 18.1 Å². The summed E-state index contributed by atoms with van der Waals surface area (Å²) in [5.74, 6) is 1.05. The molecule has 6 nitrogen and oxygen atoms in total. The van der Waals surface area contributed by atoms with E-state index in [1.165, 1.54) is 4.88 Å². The first kappa shape index (κ1) is 16.2. The van der Waals surface area contributed by atoms with Crippen LogP contribution < -0.4 is 5.32 Å². The summed E-state index contributed by atoms with van der Waals surface area (Å²) >= 11 is 1.70. The van der Waals surface area contributed by atoms with Crippen LogP contribution in [0.5, 0.6) is 0 Å². The molecule has 1 aliphatic rings. The fourth-order valence-corrected chi connectivity index (χ4v) is 3.44. The lowest BCUT2D eigenvalue weighted by Gasteiger charge is -2.23. The van der Waals surface area contributed by atoms with Gasteiger partial charge in [-0.3, -0.25) is 9.69 Å². The average Bonchev–Trinajstić information content (AvgIpc) is 3.23. The Labute approximate surface area is 139 Å². The molecule has 1 saturated heterocycles. The molecule has 0 aliphatic carbocycles. The fourth-order valence-electron chi connectivity index (χ4n) is 2.70. The molecule has 124 valence electrons. The number of nitrogens with one attached hydrogen (secondary N) is 1. The van der Waals surface area contributed by atoms with Gasteiger partial charge in [-0.2, -0.15) is 0 Å². The SMILES string of the molecule is Cc1cc(NC(=O)CN(Cc2cccs2)C[C@@H]2CCCO2)no1. The second-order valence-electron chi connectivity index (χ2n) is 5.75. The Kier molecular flexibility index (Phi) is 5.43. The number of thiophene rings is 1. The highest BCUT2D eigenvalue weighted by atomic mass is 32.1. The molecule has 7 heteroatoms. The van der Waals surface area contributed by atoms with Crippen LogP contribution in [0, 0.1) is 6.92 Å². The van der Waals surface area contributed by atoms with Crippen LogP contribution in [0.3, 0.4) is 0 Å². The number of hydrogen-bond donors (Lipinski definition) is 1. The summed E-state index contributed by atoms with van der Waals surface area (Å²) in [6, 6.07) is 5.83. The first-order chi connectivity index (χ1) is 11.2. The molecule has 0 bridgehead atoms. The number of aromatic nitrogens is 1. The summed E-state index contributed by atoms with van der Waals surface area (Å²) in [5.41, 5.74) is 0. The van der Waals surface area contributed by atoms with Gasteiger partial charge in [-0.1, -0.05) is 11.2 Å². The van der Waals surface area contributed by atoms with Crippen molar-refractivity contribution < 1.29 is 14.1 Å². The maximum atomic E-state index is 12.3. The van der Waals surface area contributed by atoms with Gasteiger partial charge >= 0.3 is 0 Å². The molecule has 1 fully saturated rings. The number of ether oxygens (including phenoxy) is 1. The maximum Gasteiger partial charge on any atom is 0.239 e. The van der Waals surface area contributed by atoms with Gasteiger partial charge in [0.15, 0.2) is 5.82 Å². The van der Waals surface area contributed by atoms with E-state index < -0.39 is 0 Å². The minimum Gasteiger partial charge on any atom is -0.377 e. The first-order valence-corrected chi connectivity index (χ1v) is 8.66. The van der Waals surface area contributed by atoms with E-state index in [1.54, 1.807) is 24.3 Å². The number of rotatable bonds is 7. The minimum absolute atomic E-state index is 0.0900. The van der Waals surface area contributed by atoms with Crippen LogP contribution in [0.15, 0.2) is 28.1 Å². The Morgan fingerprint density at radius 2 is 2.48 bits per heavy atom. The Bertz CT molecular complexity index is 620. The van der Waals surface area contributed by atoms with Gasteiger partial charge in [0.1, 0.15) is 5.76 Å². The third-order valence-electron chi connectivity index (χ3n) is 3.71. The topological polar surface area (TPSA) is 67.6 Å². The molecule has 1 aliphatic heterocycles. The van der Waals surface area contributed by atoms with Gasteiger partial charge in [0.05, 0.1) is 12.6 Å². The van der Waals surface area contributed by atoms with Gasteiger partial charge in [0.25, 0.3) is 0 Å². The molecule has 23 heavy (non-hydrogen) atoms. The van der Waals surface area contributed by atoms with Gasteiger partial charge in [-0.25, -0.2) is 0 Å². The highest BCUT2D eigenvalue weighted by molar-refractivity contribution is 7.09. The lowest BCUT2D eigenvalue weighted by molar-refractivity contribution is -0.117. The number of carbonyl (C=O) groups is 1. The highest BCUT2D eigenvalue weighted by Gasteiger charge is 2.21. The Morgan fingerprint density at radius 1 is 1.57 bits per heavy atom. The van der Waals surface area contributed by atoms with Crippen molar-refractivity contribution >= 4 is 23.1 Å². The summed E-state index contributed by atoms with van der Waals surface area (Å²) in [7, 11) is 0. The zero-order valence-electron chi connectivity index (χ0n) is 13.2. The molecule has 3 heterocycles. The first-order valence-electron chi connectivity index (χ1n) is 7.78. The number of nitrogens with zero attached hydrogens (tertiary/aromatic N) is 2. The predicted molar refractivity (Wildman–Crippen MR) is 88.4 cm³/mol. The Hall–Kier alpha value is -1.70. The van der Waals surface area contributed by atoms with Crippen LogP contribution in [0.1, 0.15) is 23.5 Å². The van der Waals surface area contributed by atoms with Gasteiger partial charge < -0.3 is 14.6 Å². The Morgan fingerprint density at radius 3 is 3.13 bits per heavy atom. The van der Waals surface area contributed by atoms with E-state index in [1.807, 2.05) is 6.07 Å². The molecule has 0 unspecified atom stereocenters. The molecule has 1 amide bonds. The van der Waals surface area contributed by atoms with Crippen molar-refractivity contribution in [3.05, 3.63) is 34.2 Å². The third kappa shape index (κ3) is 4.89. The van der Waals surface area contributed by atoms with Crippen LogP contribution in [-0.4, -0.2) is 41.8 Å². The van der Waals surface area contributed by atoms with Gasteiger partial charge in [-0.05, 0) is 31.2 Å². The summed E-state index contributed by atoms with van der Waals surface area (Å²) in [6.45, 7) is 4.45. The Balaban J connectivity index is 1.58. The highest BCUT2D eigenvalue weighted by Crippen LogP contribution is 2.17. The quantitative estimate of drug-likeness (QED) is 0.842. The number of anilines is 1. The smallest absolute Gasteiger partial charge is 0.239 e. The minimum atomic E-state index is -0.0900. The van der Waals surface area contributed by atoms with Crippen LogP contribution in [0.2, 0.25) is 0 Å². The van der Waals surface area contributed by atoms with Crippen LogP contribution >= 0.6 is 11.3 Å². The van der Waals surface area contributed by atoms with Crippen molar-refractivity contribution in [1.82, 2.24) is 10.1 Å². The molecule has 2 aromatic heterocycles. The third-order valence-corrected chi connectivity index (χ3v) is 4.57. The van der Waals surface area contributed by atoms with Gasteiger partial charge in [0.2, 0.25) is 5.91 Å². The zero-order valence-corrected chi connectivity index (χ0v) is 14.0. The van der Waals surface area contributed by atoms with E-state index >= 15 is 0 Å². The van der Waals surface area contributed by atoms with E-state index in [9.17, 15) is 4.79 Å². The van der Waals surface area contributed by atoms with E-state index in [-0.39, 0.29) is 12.0 Å². The molecule has 2 aromatic rings. The zero-order chi connectivity index (χ0) is 16.1. The molecule has 0 saturated carbocycles. The van der Waals surface area contributed by atoms with Crippen molar-refractivity contribution in [2.24, 2.45) is 0 Å². The average molecular weight is 335 g/mol. The van der Waals surface area contributed by atoms with Crippen LogP contribution in [-0.2, 0) is 16.1 Å². The fraction of sp³-hybridized carbons (Fsp3) is 0.500. The van der Waals surface area contributed by atoms with Crippen LogP contribution in [0.25, 0.3) is 0 Å². The molecular weight excluding hydrogens is 314 g/mol. The summed E-state index contributed by atoms with van der Waals surface area (Å²) < 4.78 is 10.7. The molecule has 0 radical (unpaired) electrons. The number of carbonyl (C=O) groups excluding carboxylic acids is 1. The van der Waals surface area contributed by atoms with Gasteiger partial charge in [0, 0.05) is 30.6 Å². The standard InChI is InChI=1S/C16H21N3O3S/c1-12-8-15(18-22-12)17-16(20)11-19(9-13-4-2-6-21-13)10-14-5-3-7-23-14/h3,5,7-8,13H,2,4,6,9-11H2,1H3,(H,17,18,20)/t13-/m0/s1. The van der Waals surface area contributed by atoms with Crippen molar-refractivity contribution in [3.63, 3.8) is 0 Å². The molecule has 1 N–H and O–H groups in total. The molecule has 3 rings (SSSR count). The van der Waals surface area contributed by atoms with Crippen LogP contribution in [0.4, 0.5) is 5.82 Å². The largest absolute Gasteiger partial charge is 0.377 e. The van der Waals surface area contributed by atoms with Crippen molar-refractivity contribution in [2.75, 3.05) is 25.0 Å². The monoisotopic (exact) mass is 335 g/mol. The van der Waals surface area contributed by atoms with Crippen molar-refractivity contribution in [2.45, 2.75) is 32.4 Å². The predicted octanol–water partition coefficient (Wildman–Crippen LogP) is 2.66.